The summed E-state index contributed by atoms with van der Waals surface area (Å²) in [6.07, 6.45) is 1.93. The van der Waals surface area contributed by atoms with Crippen molar-refractivity contribution in [2.24, 2.45) is 10.7 Å². The fraction of sp³-hybridized carbons (Fsp3) is 0.300. The molecule has 3 rings (SSSR count). The van der Waals surface area contributed by atoms with Crippen molar-refractivity contribution in [1.82, 2.24) is 0 Å². The molecule has 0 saturated heterocycles. The molecule has 142 valence electrons. The molecule has 0 saturated carbocycles. The summed E-state index contributed by atoms with van der Waals surface area (Å²) in [6.45, 7) is 0.669. The van der Waals surface area contributed by atoms with E-state index >= 15 is 0 Å². The van der Waals surface area contributed by atoms with Gasteiger partial charge in [-0.25, -0.2) is 4.99 Å². The van der Waals surface area contributed by atoms with Gasteiger partial charge in [-0.3, -0.25) is 4.79 Å². The van der Waals surface area contributed by atoms with Crippen LogP contribution in [0.25, 0.3) is 0 Å². The summed E-state index contributed by atoms with van der Waals surface area (Å²) >= 11 is 0. The minimum Gasteiger partial charge on any atom is -0.497 e. The SMILES string of the molecule is COc1ccc(OC)c(NC(N)=NCC(=O)N2CCCc3ccccc32)c1. The van der Waals surface area contributed by atoms with Gasteiger partial charge in [-0.15, -0.1) is 0 Å². The molecule has 1 aliphatic heterocycles. The number of anilines is 2. The largest absolute Gasteiger partial charge is 0.497 e. The number of carbonyl (C=O) groups excluding carboxylic acids is 1. The zero-order valence-corrected chi connectivity index (χ0v) is 15.6. The van der Waals surface area contributed by atoms with Crippen LogP contribution >= 0.6 is 0 Å². The lowest BCUT2D eigenvalue weighted by Crippen LogP contribution is -2.37. The van der Waals surface area contributed by atoms with Gasteiger partial charge >= 0.3 is 0 Å². The standard InChI is InChI=1S/C20H24N4O3/c1-26-15-9-10-18(27-2)16(12-15)23-20(21)22-13-19(25)24-11-5-7-14-6-3-4-8-17(14)24/h3-4,6,8-10,12H,5,7,11,13H2,1-2H3,(H3,21,22,23). The lowest BCUT2D eigenvalue weighted by molar-refractivity contribution is -0.117. The van der Waals surface area contributed by atoms with E-state index in [-0.39, 0.29) is 18.4 Å². The Labute approximate surface area is 158 Å². The first-order valence-corrected chi connectivity index (χ1v) is 8.79. The third-order valence-corrected chi connectivity index (χ3v) is 4.47. The van der Waals surface area contributed by atoms with E-state index in [1.54, 1.807) is 37.3 Å². The Balaban J connectivity index is 1.69. The normalized spacial score (nSPS) is 13.7. The van der Waals surface area contributed by atoms with Gasteiger partial charge in [0, 0.05) is 18.3 Å². The molecule has 0 aromatic heterocycles. The number of benzene rings is 2. The van der Waals surface area contributed by atoms with Crippen LogP contribution in [0, 0.1) is 0 Å². The molecule has 0 spiro atoms. The molecule has 0 atom stereocenters. The number of hydrogen-bond donors (Lipinski definition) is 2. The van der Waals surface area contributed by atoms with Crippen molar-refractivity contribution >= 4 is 23.2 Å². The maximum absolute atomic E-state index is 12.6. The third kappa shape index (κ3) is 4.31. The van der Waals surface area contributed by atoms with Gasteiger partial charge in [0.1, 0.15) is 18.0 Å². The quantitative estimate of drug-likeness (QED) is 0.625. The monoisotopic (exact) mass is 368 g/mol. The molecule has 0 fully saturated rings. The van der Waals surface area contributed by atoms with Crippen LogP contribution in [0.15, 0.2) is 47.5 Å². The highest BCUT2D eigenvalue weighted by molar-refractivity contribution is 5.99. The van der Waals surface area contributed by atoms with Crippen LogP contribution in [0.1, 0.15) is 12.0 Å². The average Bonchev–Trinajstić information content (AvgIpc) is 2.71. The first kappa shape index (κ1) is 18.6. The number of ether oxygens (including phenoxy) is 2. The fourth-order valence-corrected chi connectivity index (χ4v) is 3.12. The van der Waals surface area contributed by atoms with Crippen molar-refractivity contribution in [3.05, 3.63) is 48.0 Å². The van der Waals surface area contributed by atoms with Gasteiger partial charge in [-0.1, -0.05) is 18.2 Å². The number of hydrogen-bond acceptors (Lipinski definition) is 4. The van der Waals surface area contributed by atoms with E-state index in [1.807, 2.05) is 18.2 Å². The molecular weight excluding hydrogens is 344 g/mol. The van der Waals surface area contributed by atoms with Gasteiger partial charge in [0.25, 0.3) is 0 Å². The predicted molar refractivity (Wildman–Crippen MR) is 107 cm³/mol. The van der Waals surface area contributed by atoms with Crippen LogP contribution < -0.4 is 25.4 Å². The number of methoxy groups -OCH3 is 2. The van der Waals surface area contributed by atoms with E-state index in [1.165, 1.54) is 5.56 Å². The average molecular weight is 368 g/mol. The molecule has 1 aliphatic rings. The number of aliphatic imine (C=N–C) groups is 1. The van der Waals surface area contributed by atoms with Gasteiger partial charge in [-0.2, -0.15) is 0 Å². The molecule has 27 heavy (non-hydrogen) atoms. The van der Waals surface area contributed by atoms with E-state index in [9.17, 15) is 4.79 Å². The molecule has 2 aromatic carbocycles. The molecule has 7 heteroatoms. The highest BCUT2D eigenvalue weighted by Gasteiger charge is 2.21. The zero-order valence-electron chi connectivity index (χ0n) is 15.6. The van der Waals surface area contributed by atoms with E-state index < -0.39 is 0 Å². The molecule has 0 aliphatic carbocycles. The number of nitrogens with zero attached hydrogens (tertiary/aromatic N) is 2. The van der Waals surface area contributed by atoms with Gasteiger partial charge in [0.15, 0.2) is 5.96 Å². The first-order chi connectivity index (χ1) is 13.1. The smallest absolute Gasteiger partial charge is 0.248 e. The summed E-state index contributed by atoms with van der Waals surface area (Å²) in [5.41, 5.74) is 8.74. The fourth-order valence-electron chi connectivity index (χ4n) is 3.12. The number of aryl methyl sites for hydroxylation is 1. The Bertz CT molecular complexity index is 851. The highest BCUT2D eigenvalue weighted by Crippen LogP contribution is 2.29. The molecular formula is C20H24N4O3. The van der Waals surface area contributed by atoms with E-state index in [4.69, 9.17) is 15.2 Å². The van der Waals surface area contributed by atoms with Crippen LogP contribution in [0.5, 0.6) is 11.5 Å². The van der Waals surface area contributed by atoms with Crippen molar-refractivity contribution in [2.75, 3.05) is 37.5 Å². The van der Waals surface area contributed by atoms with Gasteiger partial charge in [0.2, 0.25) is 5.91 Å². The number of fused-ring (bicyclic) bond motifs is 1. The second-order valence-electron chi connectivity index (χ2n) is 6.17. The Hall–Kier alpha value is -3.22. The lowest BCUT2D eigenvalue weighted by Gasteiger charge is -2.29. The Kier molecular flexibility index (Phi) is 5.80. The number of nitrogens with two attached hydrogens (primary N) is 1. The van der Waals surface area contributed by atoms with Crippen molar-refractivity contribution < 1.29 is 14.3 Å². The number of guanidine groups is 1. The number of nitrogens with one attached hydrogen (secondary N) is 1. The number of carbonyl (C=O) groups is 1. The van der Waals surface area contributed by atoms with Crippen LogP contribution in [0.2, 0.25) is 0 Å². The van der Waals surface area contributed by atoms with Gasteiger partial charge in [-0.05, 0) is 36.6 Å². The van der Waals surface area contributed by atoms with E-state index in [2.05, 4.69) is 16.4 Å². The highest BCUT2D eigenvalue weighted by atomic mass is 16.5. The summed E-state index contributed by atoms with van der Waals surface area (Å²) in [5.74, 6) is 1.32. The van der Waals surface area contributed by atoms with Crippen LogP contribution in [0.4, 0.5) is 11.4 Å². The summed E-state index contributed by atoms with van der Waals surface area (Å²) in [5, 5.41) is 2.97. The van der Waals surface area contributed by atoms with E-state index in [0.29, 0.717) is 23.7 Å². The summed E-state index contributed by atoms with van der Waals surface area (Å²) in [6, 6.07) is 13.3. The van der Waals surface area contributed by atoms with Crippen LogP contribution in [-0.2, 0) is 11.2 Å². The Morgan fingerprint density at radius 3 is 2.81 bits per heavy atom. The topological polar surface area (TPSA) is 89.2 Å². The molecule has 0 unspecified atom stereocenters. The van der Waals surface area contributed by atoms with Crippen molar-refractivity contribution in [3.8, 4) is 11.5 Å². The number of amides is 1. The maximum Gasteiger partial charge on any atom is 0.248 e. The predicted octanol–water partition coefficient (Wildman–Crippen LogP) is 2.41. The number of para-hydroxylation sites is 1. The third-order valence-electron chi connectivity index (χ3n) is 4.47. The second kappa shape index (κ2) is 8.44. The van der Waals surface area contributed by atoms with Crippen LogP contribution in [-0.4, -0.2) is 39.2 Å². The lowest BCUT2D eigenvalue weighted by atomic mass is 10.0. The number of rotatable bonds is 5. The Morgan fingerprint density at radius 1 is 1.22 bits per heavy atom. The summed E-state index contributed by atoms with van der Waals surface area (Å²) in [7, 11) is 3.15. The van der Waals surface area contributed by atoms with Gasteiger partial charge < -0.3 is 25.4 Å². The zero-order chi connectivity index (χ0) is 19.2. The molecule has 1 amide bonds. The van der Waals surface area contributed by atoms with E-state index in [0.717, 1.165) is 18.5 Å². The summed E-state index contributed by atoms with van der Waals surface area (Å²) < 4.78 is 10.5. The molecule has 2 aromatic rings. The molecule has 0 radical (unpaired) electrons. The minimum absolute atomic E-state index is 0.0283. The van der Waals surface area contributed by atoms with Crippen LogP contribution in [0.3, 0.4) is 0 Å². The van der Waals surface area contributed by atoms with Crippen molar-refractivity contribution in [1.29, 1.82) is 0 Å². The second-order valence-corrected chi connectivity index (χ2v) is 6.17. The Morgan fingerprint density at radius 2 is 2.04 bits per heavy atom. The maximum atomic E-state index is 12.6. The van der Waals surface area contributed by atoms with Crippen molar-refractivity contribution in [3.63, 3.8) is 0 Å². The molecule has 0 bridgehead atoms. The molecule has 7 nitrogen and oxygen atoms in total. The van der Waals surface area contributed by atoms with Crippen molar-refractivity contribution in [2.45, 2.75) is 12.8 Å². The summed E-state index contributed by atoms with van der Waals surface area (Å²) in [4.78, 5) is 18.6. The molecule has 3 N–H and O–H groups in total. The van der Waals surface area contributed by atoms with Gasteiger partial charge in [0.05, 0.1) is 19.9 Å². The molecule has 1 heterocycles. The minimum atomic E-state index is -0.0792. The first-order valence-electron chi connectivity index (χ1n) is 8.79.